The van der Waals surface area contributed by atoms with Gasteiger partial charge in [-0.2, -0.15) is 4.98 Å². The van der Waals surface area contributed by atoms with E-state index < -0.39 is 27.4 Å². The van der Waals surface area contributed by atoms with E-state index in [-0.39, 0.29) is 13.2 Å². The number of esters is 1. The summed E-state index contributed by atoms with van der Waals surface area (Å²) in [6.45, 7) is 7.17. The molecule has 0 saturated carbocycles. The summed E-state index contributed by atoms with van der Waals surface area (Å²) in [5.74, 6) is 0.366. The number of amides is 1. The van der Waals surface area contributed by atoms with Gasteiger partial charge in [0, 0.05) is 27.9 Å². The Morgan fingerprint density at radius 3 is 2.50 bits per heavy atom. The zero-order valence-corrected chi connectivity index (χ0v) is 22.4. The molecule has 0 aliphatic rings. The van der Waals surface area contributed by atoms with Gasteiger partial charge in [0.15, 0.2) is 0 Å². The minimum Gasteiger partial charge on any atom is -0.459 e. The largest absolute Gasteiger partial charge is 0.459 e. The lowest BCUT2D eigenvalue weighted by Gasteiger charge is -2.20. The number of benzene rings is 1. The van der Waals surface area contributed by atoms with Crippen LogP contribution < -0.4 is 10.6 Å². The topological polar surface area (TPSA) is 132 Å². The van der Waals surface area contributed by atoms with Crippen molar-refractivity contribution in [3.05, 3.63) is 48.0 Å². The van der Waals surface area contributed by atoms with Gasteiger partial charge in [-0.15, -0.1) is 15.7 Å². The predicted octanol–water partition coefficient (Wildman–Crippen LogP) is 5.32. The molecule has 12 heteroatoms. The van der Waals surface area contributed by atoms with Crippen LogP contribution in [0.5, 0.6) is 0 Å². The van der Waals surface area contributed by atoms with E-state index >= 15 is 0 Å². The number of nitrogens with one attached hydrogen (secondary N) is 2. The Morgan fingerprint density at radius 1 is 1.17 bits per heavy atom. The standard InChI is InChI=1S/C24H29N5O5S2/c1-6-33-23(31)29-36(5,32)17-11-9-16(10-12-17)27-22-26-14-18(19-8-7-13-35-19)21(28-22)25-15-20(30)34-24(2,3)4/h7-14H,6,15H2,1-5H3,(H2,25,26,27,28). The van der Waals surface area contributed by atoms with Gasteiger partial charge in [0.1, 0.15) is 18.0 Å². The third kappa shape index (κ3) is 7.75. The van der Waals surface area contributed by atoms with Gasteiger partial charge in [0.2, 0.25) is 5.95 Å². The Morgan fingerprint density at radius 2 is 1.89 bits per heavy atom. The molecule has 2 heterocycles. The summed E-state index contributed by atoms with van der Waals surface area (Å²) < 4.78 is 26.6. The maximum Gasteiger partial charge on any atom is 0.442 e. The van der Waals surface area contributed by atoms with E-state index in [2.05, 4.69) is 25.0 Å². The lowest BCUT2D eigenvalue weighted by Crippen LogP contribution is -2.28. The number of rotatable bonds is 8. The second-order valence-electron chi connectivity index (χ2n) is 8.62. The summed E-state index contributed by atoms with van der Waals surface area (Å²) in [5.41, 5.74) is 0.790. The zero-order valence-electron chi connectivity index (χ0n) is 20.7. The number of thiophene rings is 1. The van der Waals surface area contributed by atoms with Crippen molar-refractivity contribution in [1.29, 1.82) is 0 Å². The van der Waals surface area contributed by atoms with Crippen molar-refractivity contribution in [3.8, 4) is 10.4 Å². The Balaban J connectivity index is 1.80. The number of aromatic nitrogens is 2. The third-order valence-electron chi connectivity index (χ3n) is 4.46. The van der Waals surface area contributed by atoms with Crippen molar-refractivity contribution in [2.24, 2.45) is 4.36 Å². The number of hydrogen-bond donors (Lipinski definition) is 2. The normalized spacial score (nSPS) is 12.8. The summed E-state index contributed by atoms with van der Waals surface area (Å²) in [6, 6.07) is 10.4. The molecule has 10 nitrogen and oxygen atoms in total. The first-order valence-corrected chi connectivity index (χ1v) is 13.9. The van der Waals surface area contributed by atoms with Gasteiger partial charge in [-0.1, -0.05) is 6.07 Å². The average Bonchev–Trinajstić information content (AvgIpc) is 3.31. The molecule has 0 fully saturated rings. The molecular formula is C24H29N5O5S2. The molecule has 3 rings (SSSR count). The van der Waals surface area contributed by atoms with Crippen LogP contribution in [0.3, 0.4) is 0 Å². The molecule has 0 aliphatic carbocycles. The van der Waals surface area contributed by atoms with E-state index in [4.69, 9.17) is 9.47 Å². The first kappa shape index (κ1) is 27.1. The molecular weight excluding hydrogens is 502 g/mol. The van der Waals surface area contributed by atoms with Gasteiger partial charge < -0.3 is 20.1 Å². The van der Waals surface area contributed by atoms with Crippen LogP contribution in [-0.4, -0.2) is 51.2 Å². The first-order chi connectivity index (χ1) is 17.0. The molecule has 0 spiro atoms. The van der Waals surface area contributed by atoms with E-state index in [1.807, 2.05) is 38.3 Å². The highest BCUT2D eigenvalue weighted by Gasteiger charge is 2.18. The van der Waals surface area contributed by atoms with Crippen molar-refractivity contribution < 1.29 is 23.3 Å². The molecule has 2 N–H and O–H groups in total. The molecule has 1 atom stereocenters. The van der Waals surface area contributed by atoms with Crippen LogP contribution >= 0.6 is 11.3 Å². The summed E-state index contributed by atoms with van der Waals surface area (Å²) in [4.78, 5) is 34.1. The van der Waals surface area contributed by atoms with Gasteiger partial charge in [-0.05, 0) is 63.4 Å². The number of hydrogen-bond acceptors (Lipinski definition) is 10. The van der Waals surface area contributed by atoms with Crippen LogP contribution in [0.1, 0.15) is 27.7 Å². The van der Waals surface area contributed by atoms with Crippen molar-refractivity contribution in [2.75, 3.05) is 30.0 Å². The highest BCUT2D eigenvalue weighted by Crippen LogP contribution is 2.31. The fourth-order valence-corrected chi connectivity index (χ4v) is 4.81. The summed E-state index contributed by atoms with van der Waals surface area (Å²) >= 11 is 1.53. The smallest absolute Gasteiger partial charge is 0.442 e. The molecule has 0 radical (unpaired) electrons. The maximum absolute atomic E-state index is 12.8. The molecule has 2 aromatic heterocycles. The highest BCUT2D eigenvalue weighted by atomic mass is 32.2. The molecule has 1 unspecified atom stereocenters. The van der Waals surface area contributed by atoms with Gasteiger partial charge in [0.25, 0.3) is 0 Å². The Hall–Kier alpha value is -3.51. The van der Waals surface area contributed by atoms with Crippen LogP contribution in [0.4, 0.5) is 22.2 Å². The van der Waals surface area contributed by atoms with E-state index in [9.17, 15) is 13.8 Å². The lowest BCUT2D eigenvalue weighted by molar-refractivity contribution is -0.152. The Labute approximate surface area is 214 Å². The Kier molecular flexibility index (Phi) is 8.64. The third-order valence-corrected chi connectivity index (χ3v) is 7.01. The molecule has 0 bridgehead atoms. The van der Waals surface area contributed by atoms with Crippen molar-refractivity contribution in [3.63, 3.8) is 0 Å². The van der Waals surface area contributed by atoms with Gasteiger partial charge in [-0.25, -0.2) is 14.0 Å². The molecule has 0 aliphatic heterocycles. The van der Waals surface area contributed by atoms with Gasteiger partial charge in [0.05, 0.1) is 21.9 Å². The highest BCUT2D eigenvalue weighted by molar-refractivity contribution is 7.93. The fraction of sp³-hybridized carbons (Fsp3) is 0.333. The summed E-state index contributed by atoms with van der Waals surface area (Å²) in [6.07, 6.45) is 2.18. The molecule has 1 amide bonds. The second kappa shape index (κ2) is 11.5. The number of carbonyl (C=O) groups is 2. The van der Waals surface area contributed by atoms with E-state index in [1.165, 1.54) is 17.6 Å². The van der Waals surface area contributed by atoms with Crippen LogP contribution in [0, 0.1) is 0 Å². The van der Waals surface area contributed by atoms with Crippen molar-refractivity contribution >= 4 is 50.6 Å². The molecule has 192 valence electrons. The molecule has 0 saturated heterocycles. The van der Waals surface area contributed by atoms with Crippen LogP contribution in [0.15, 0.2) is 57.2 Å². The summed E-state index contributed by atoms with van der Waals surface area (Å²) in [5, 5.41) is 8.09. The Bertz CT molecular complexity index is 1330. The number of anilines is 3. The van der Waals surface area contributed by atoms with Gasteiger partial charge in [-0.3, -0.25) is 4.79 Å². The molecule has 36 heavy (non-hydrogen) atoms. The summed E-state index contributed by atoms with van der Waals surface area (Å²) in [7, 11) is -2.95. The fourth-order valence-electron chi connectivity index (χ4n) is 2.99. The van der Waals surface area contributed by atoms with Crippen molar-refractivity contribution in [2.45, 2.75) is 38.2 Å². The minimum absolute atomic E-state index is 0.0599. The molecule has 3 aromatic rings. The zero-order chi connectivity index (χ0) is 26.3. The quantitative estimate of drug-likeness (QED) is 0.371. The number of ether oxygens (including phenoxy) is 2. The van der Waals surface area contributed by atoms with Crippen LogP contribution in [0.2, 0.25) is 0 Å². The SMILES string of the molecule is CCOC(=O)N=S(C)(=O)c1ccc(Nc2ncc(-c3cccs3)c(NCC(=O)OC(C)(C)C)n2)cc1. The monoisotopic (exact) mass is 531 g/mol. The van der Waals surface area contributed by atoms with E-state index in [0.717, 1.165) is 10.4 Å². The predicted molar refractivity (Wildman–Crippen MR) is 141 cm³/mol. The number of nitrogens with zero attached hydrogens (tertiary/aromatic N) is 3. The number of carbonyl (C=O) groups excluding carboxylic acids is 2. The second-order valence-corrected chi connectivity index (χ2v) is 11.8. The van der Waals surface area contributed by atoms with Crippen molar-refractivity contribution in [1.82, 2.24) is 9.97 Å². The van der Waals surface area contributed by atoms with Gasteiger partial charge >= 0.3 is 12.1 Å². The maximum atomic E-state index is 12.8. The first-order valence-electron chi connectivity index (χ1n) is 11.1. The average molecular weight is 532 g/mol. The van der Waals surface area contributed by atoms with Crippen LogP contribution in [-0.2, 0) is 24.0 Å². The van der Waals surface area contributed by atoms with Crippen LogP contribution in [0.25, 0.3) is 10.4 Å². The van der Waals surface area contributed by atoms with E-state index in [0.29, 0.717) is 22.3 Å². The minimum atomic E-state index is -2.95. The van der Waals surface area contributed by atoms with E-state index in [1.54, 1.807) is 37.4 Å². The lowest BCUT2D eigenvalue weighted by atomic mass is 10.2. The molecule has 1 aromatic carbocycles.